The van der Waals surface area contributed by atoms with Gasteiger partial charge < -0.3 is 39.4 Å². The van der Waals surface area contributed by atoms with Gasteiger partial charge in [0.2, 0.25) is 5.76 Å². The molecule has 2 aliphatic heterocycles. The Labute approximate surface area is 264 Å². The zero-order chi connectivity index (χ0) is 33.5. The van der Waals surface area contributed by atoms with Gasteiger partial charge in [-0.1, -0.05) is 83.9 Å². The second kappa shape index (κ2) is 16.5. The third-order valence-corrected chi connectivity index (χ3v) is 9.50. The second-order valence-corrected chi connectivity index (χ2v) is 13.6. The molecule has 0 spiro atoms. The van der Waals surface area contributed by atoms with Crippen molar-refractivity contribution in [3.05, 3.63) is 47.3 Å². The molecule has 0 amide bonds. The summed E-state index contributed by atoms with van der Waals surface area (Å²) in [7, 11) is 2.87. The molecule has 0 radical (unpaired) electrons. The SMILES string of the molecule is CO/C1=C/C(C)=C\[C@@H](C)[C@@H](O)[C@H](C)C/C(C)=C\C=C/[C@H](OC)[C@@H]([C@@H](C)[C@@H](O)[C@H](C)[C@@]2(O)C[C@@H](O)[C@H](C)[C@@H](C(C)C)O2)OC1=O. The first kappa shape index (κ1) is 38.2. The largest absolute Gasteiger partial charge is 0.490 e. The molecule has 0 aliphatic carbocycles. The van der Waals surface area contributed by atoms with E-state index in [-0.39, 0.29) is 35.9 Å². The van der Waals surface area contributed by atoms with Crippen molar-refractivity contribution >= 4 is 5.97 Å². The average molecular weight is 623 g/mol. The number of carbonyl (C=O) groups is 1. The molecule has 9 heteroatoms. The zero-order valence-electron chi connectivity index (χ0n) is 28.6. The topological polar surface area (TPSA) is 135 Å². The molecule has 0 aromatic heterocycles. The van der Waals surface area contributed by atoms with Crippen molar-refractivity contribution < 1.29 is 44.2 Å². The van der Waals surface area contributed by atoms with Gasteiger partial charge in [-0.3, -0.25) is 0 Å². The van der Waals surface area contributed by atoms with Crippen LogP contribution in [0.15, 0.2) is 47.3 Å². The van der Waals surface area contributed by atoms with Gasteiger partial charge in [0.25, 0.3) is 0 Å². The lowest BCUT2D eigenvalue weighted by molar-refractivity contribution is -0.328. The molecule has 0 aromatic rings. The number of ether oxygens (including phenoxy) is 4. The first-order chi connectivity index (χ1) is 20.5. The molecule has 1 fully saturated rings. The van der Waals surface area contributed by atoms with Crippen LogP contribution < -0.4 is 0 Å². The lowest BCUT2D eigenvalue weighted by Gasteiger charge is -2.49. The smallest absolute Gasteiger partial charge is 0.373 e. The van der Waals surface area contributed by atoms with E-state index < -0.39 is 60.2 Å². The van der Waals surface area contributed by atoms with Crippen molar-refractivity contribution in [2.45, 2.75) is 118 Å². The van der Waals surface area contributed by atoms with Crippen LogP contribution in [0.3, 0.4) is 0 Å². The van der Waals surface area contributed by atoms with E-state index in [2.05, 4.69) is 0 Å². The number of hydrogen-bond donors (Lipinski definition) is 4. The van der Waals surface area contributed by atoms with Crippen molar-refractivity contribution in [2.24, 2.45) is 35.5 Å². The van der Waals surface area contributed by atoms with Crippen LogP contribution in [0.2, 0.25) is 0 Å². The van der Waals surface area contributed by atoms with Gasteiger partial charge in [-0.05, 0) is 38.2 Å². The predicted molar refractivity (Wildman–Crippen MR) is 170 cm³/mol. The molecular weight excluding hydrogens is 564 g/mol. The Hall–Kier alpha value is -2.01. The molecule has 44 heavy (non-hydrogen) atoms. The molecule has 0 bridgehead atoms. The van der Waals surface area contributed by atoms with Gasteiger partial charge in [0.1, 0.15) is 12.2 Å². The summed E-state index contributed by atoms with van der Waals surface area (Å²) < 4.78 is 23.4. The molecule has 1 saturated heterocycles. The standard InChI is InChI=1S/C35H58O9/c1-19(2)32-24(7)27(36)18-35(40,44-32)26(9)31(38)25(8)33-28(41-10)14-12-13-20(3)15-22(5)30(37)23(6)16-21(4)17-29(42-11)34(39)43-33/h12-14,16-17,19,22-28,30-33,36-38,40H,15,18H2,1-11H3/b14-12-,20-13-,21-16-,29-17+/t22-,23-,24+,25+,26+,27-,28+,30+,31-,32-,33-,35-/m1/s1. The van der Waals surface area contributed by atoms with E-state index in [1.165, 1.54) is 14.2 Å². The number of carbonyl (C=O) groups excluding carboxylic acids is 1. The number of hydrogen-bond acceptors (Lipinski definition) is 9. The number of cyclic esters (lactones) is 1. The van der Waals surface area contributed by atoms with Gasteiger partial charge in [-0.25, -0.2) is 4.79 Å². The van der Waals surface area contributed by atoms with Gasteiger partial charge in [0.15, 0.2) is 5.79 Å². The number of rotatable bonds is 7. The molecule has 12 atom stereocenters. The van der Waals surface area contributed by atoms with E-state index in [0.717, 1.165) is 11.1 Å². The number of aliphatic hydroxyl groups excluding tert-OH is 3. The van der Waals surface area contributed by atoms with Crippen LogP contribution in [0.25, 0.3) is 0 Å². The fourth-order valence-corrected chi connectivity index (χ4v) is 6.54. The molecule has 2 heterocycles. The fourth-order valence-electron chi connectivity index (χ4n) is 6.54. The maximum absolute atomic E-state index is 13.5. The van der Waals surface area contributed by atoms with E-state index >= 15 is 0 Å². The highest BCUT2D eigenvalue weighted by Crippen LogP contribution is 2.41. The third kappa shape index (κ3) is 9.50. The summed E-state index contributed by atoms with van der Waals surface area (Å²) in [6.45, 7) is 17.0. The van der Waals surface area contributed by atoms with Crippen molar-refractivity contribution in [2.75, 3.05) is 14.2 Å². The highest BCUT2D eigenvalue weighted by atomic mass is 16.6. The Kier molecular flexibility index (Phi) is 14.3. The summed E-state index contributed by atoms with van der Waals surface area (Å²) in [6.07, 6.45) is 4.85. The van der Waals surface area contributed by atoms with Crippen LogP contribution in [-0.4, -0.2) is 83.0 Å². The predicted octanol–water partition coefficient (Wildman–Crippen LogP) is 4.69. The Morgan fingerprint density at radius 2 is 1.68 bits per heavy atom. The summed E-state index contributed by atoms with van der Waals surface area (Å²) in [6, 6.07) is 0. The van der Waals surface area contributed by atoms with Crippen molar-refractivity contribution in [3.8, 4) is 0 Å². The molecule has 2 rings (SSSR count). The van der Waals surface area contributed by atoms with Gasteiger partial charge in [-0.2, -0.15) is 0 Å². The van der Waals surface area contributed by atoms with Gasteiger partial charge in [0.05, 0.1) is 31.5 Å². The van der Waals surface area contributed by atoms with Crippen molar-refractivity contribution in [1.29, 1.82) is 0 Å². The molecule has 9 nitrogen and oxygen atoms in total. The molecule has 2 aliphatic rings. The average Bonchev–Trinajstić information content (AvgIpc) is 2.96. The Morgan fingerprint density at radius 1 is 1.05 bits per heavy atom. The maximum Gasteiger partial charge on any atom is 0.373 e. The minimum Gasteiger partial charge on any atom is -0.490 e. The molecule has 0 aromatic carbocycles. The number of methoxy groups -OCH3 is 2. The van der Waals surface area contributed by atoms with E-state index in [1.54, 1.807) is 26.0 Å². The maximum atomic E-state index is 13.5. The lowest BCUT2D eigenvalue weighted by atomic mass is 9.76. The Balaban J connectivity index is 2.52. The summed E-state index contributed by atoms with van der Waals surface area (Å²) >= 11 is 0. The normalized spacial score (nSPS) is 41.2. The highest BCUT2D eigenvalue weighted by molar-refractivity contribution is 5.87. The first-order valence-corrected chi connectivity index (χ1v) is 15.9. The summed E-state index contributed by atoms with van der Waals surface area (Å²) in [5.41, 5.74) is 1.78. The molecule has 4 N–H and O–H groups in total. The molecular formula is C35H58O9. The summed E-state index contributed by atoms with van der Waals surface area (Å²) in [5.74, 6) is -4.49. The van der Waals surface area contributed by atoms with Crippen LogP contribution >= 0.6 is 0 Å². The van der Waals surface area contributed by atoms with Crippen molar-refractivity contribution in [1.82, 2.24) is 0 Å². The lowest BCUT2D eigenvalue weighted by Crippen LogP contribution is -2.59. The Morgan fingerprint density at radius 3 is 2.25 bits per heavy atom. The van der Waals surface area contributed by atoms with E-state index in [9.17, 15) is 25.2 Å². The van der Waals surface area contributed by atoms with Crippen LogP contribution in [-0.2, 0) is 23.7 Å². The van der Waals surface area contributed by atoms with Gasteiger partial charge >= 0.3 is 5.97 Å². The van der Waals surface area contributed by atoms with Gasteiger partial charge in [0, 0.05) is 37.2 Å². The molecule has 0 saturated carbocycles. The monoisotopic (exact) mass is 622 g/mol. The van der Waals surface area contributed by atoms with Crippen LogP contribution in [0.5, 0.6) is 0 Å². The van der Waals surface area contributed by atoms with Crippen LogP contribution in [0.4, 0.5) is 0 Å². The third-order valence-electron chi connectivity index (χ3n) is 9.50. The zero-order valence-corrected chi connectivity index (χ0v) is 28.6. The number of allylic oxidation sites excluding steroid dienone is 5. The quantitative estimate of drug-likeness (QED) is 0.298. The Bertz CT molecular complexity index is 1060. The number of aliphatic hydroxyl groups is 4. The number of esters is 1. The minimum absolute atomic E-state index is 0.00492. The minimum atomic E-state index is -1.80. The van der Waals surface area contributed by atoms with E-state index in [0.29, 0.717) is 6.42 Å². The van der Waals surface area contributed by atoms with Crippen molar-refractivity contribution in [3.63, 3.8) is 0 Å². The van der Waals surface area contributed by atoms with E-state index in [4.69, 9.17) is 18.9 Å². The molecule has 0 unspecified atom stereocenters. The van der Waals surface area contributed by atoms with E-state index in [1.807, 2.05) is 66.7 Å². The second-order valence-electron chi connectivity index (χ2n) is 13.6. The first-order valence-electron chi connectivity index (χ1n) is 15.9. The van der Waals surface area contributed by atoms with Crippen LogP contribution in [0, 0.1) is 35.5 Å². The summed E-state index contributed by atoms with van der Waals surface area (Å²) in [5, 5.41) is 45.0. The van der Waals surface area contributed by atoms with Gasteiger partial charge in [-0.15, -0.1) is 0 Å². The highest BCUT2D eigenvalue weighted by Gasteiger charge is 2.51. The fraction of sp³-hybridized carbons (Fsp3) is 0.743. The molecule has 252 valence electrons. The summed E-state index contributed by atoms with van der Waals surface area (Å²) in [4.78, 5) is 13.5. The van der Waals surface area contributed by atoms with Crippen LogP contribution in [0.1, 0.15) is 75.2 Å².